The van der Waals surface area contributed by atoms with Gasteiger partial charge in [-0.05, 0) is 80.0 Å². The van der Waals surface area contributed by atoms with E-state index in [0.717, 1.165) is 57.4 Å². The number of nitrogens with one attached hydrogen (secondary N) is 1. The van der Waals surface area contributed by atoms with E-state index < -0.39 is 0 Å². The molecular weight excluding hydrogens is 461 g/mol. The van der Waals surface area contributed by atoms with E-state index in [4.69, 9.17) is 4.74 Å². The highest BCUT2D eigenvalue weighted by Gasteiger charge is 2.20. The third-order valence-corrected chi connectivity index (χ3v) is 6.28. The first-order valence-corrected chi connectivity index (χ1v) is 10.8. The molecule has 1 fully saturated rings. The van der Waals surface area contributed by atoms with Gasteiger partial charge in [-0.3, -0.25) is 4.79 Å². The van der Waals surface area contributed by atoms with E-state index in [9.17, 15) is 4.79 Å². The molecule has 140 valence electrons. The highest BCUT2D eigenvalue weighted by Crippen LogP contribution is 2.25. The second-order valence-corrected chi connectivity index (χ2v) is 8.80. The van der Waals surface area contributed by atoms with E-state index in [1.165, 1.54) is 11.8 Å². The van der Waals surface area contributed by atoms with E-state index in [1.807, 2.05) is 26.0 Å². The van der Waals surface area contributed by atoms with E-state index in [1.54, 1.807) is 0 Å². The predicted molar refractivity (Wildman–Crippen MR) is 114 cm³/mol. The Hall–Kier alpha value is -1.06. The fourth-order valence-corrected chi connectivity index (χ4v) is 4.57. The van der Waals surface area contributed by atoms with Crippen LogP contribution in [0.3, 0.4) is 0 Å². The summed E-state index contributed by atoms with van der Waals surface area (Å²) in [6.07, 6.45) is 2.47. The molecule has 26 heavy (non-hydrogen) atoms. The van der Waals surface area contributed by atoms with Crippen molar-refractivity contribution in [2.75, 3.05) is 17.7 Å². The molecule has 0 radical (unpaired) electrons. The number of halogens is 1. The standard InChI is InChI=1S/C19H24IN3O2S/c1-12-9-15(20)6-7-17(12)22-18(24)11-26-19-21-13(2)14(3)23(19)10-16-5-4-8-25-16/h6-7,9,16H,4-5,8,10-11H2,1-3H3,(H,22,24). The maximum absolute atomic E-state index is 12.4. The third-order valence-electron chi connectivity index (χ3n) is 4.63. The Morgan fingerprint density at radius 3 is 2.92 bits per heavy atom. The lowest BCUT2D eigenvalue weighted by Crippen LogP contribution is -2.18. The van der Waals surface area contributed by atoms with Gasteiger partial charge in [0, 0.05) is 21.6 Å². The van der Waals surface area contributed by atoms with Crippen molar-refractivity contribution in [3.05, 3.63) is 38.7 Å². The summed E-state index contributed by atoms with van der Waals surface area (Å²) >= 11 is 3.76. The van der Waals surface area contributed by atoms with Gasteiger partial charge in [-0.25, -0.2) is 4.98 Å². The Balaban J connectivity index is 1.63. The van der Waals surface area contributed by atoms with Gasteiger partial charge in [0.1, 0.15) is 0 Å². The number of aromatic nitrogens is 2. The van der Waals surface area contributed by atoms with Crippen LogP contribution in [0.2, 0.25) is 0 Å². The lowest BCUT2D eigenvalue weighted by atomic mass is 10.2. The SMILES string of the molecule is Cc1cc(I)ccc1NC(=O)CSc1nc(C)c(C)n1CC1CCCO1. The average molecular weight is 485 g/mol. The lowest BCUT2D eigenvalue weighted by Gasteiger charge is -2.14. The van der Waals surface area contributed by atoms with Crippen LogP contribution < -0.4 is 5.32 Å². The molecule has 5 nitrogen and oxygen atoms in total. The van der Waals surface area contributed by atoms with Crippen LogP contribution in [-0.4, -0.2) is 33.9 Å². The number of nitrogens with zero attached hydrogens (tertiary/aromatic N) is 2. The number of ether oxygens (including phenoxy) is 1. The van der Waals surface area contributed by atoms with Gasteiger partial charge >= 0.3 is 0 Å². The normalized spacial score (nSPS) is 16.8. The quantitative estimate of drug-likeness (QED) is 0.489. The topological polar surface area (TPSA) is 56.2 Å². The number of carbonyl (C=O) groups is 1. The number of carbonyl (C=O) groups excluding carboxylic acids is 1. The summed E-state index contributed by atoms with van der Waals surface area (Å²) in [7, 11) is 0. The third kappa shape index (κ3) is 4.80. The molecule has 1 saturated heterocycles. The van der Waals surface area contributed by atoms with Gasteiger partial charge in [-0.2, -0.15) is 0 Å². The van der Waals surface area contributed by atoms with Crippen LogP contribution in [0.1, 0.15) is 29.8 Å². The van der Waals surface area contributed by atoms with E-state index in [2.05, 4.69) is 50.4 Å². The molecule has 3 rings (SSSR count). The first-order chi connectivity index (χ1) is 12.4. The summed E-state index contributed by atoms with van der Waals surface area (Å²) in [5.74, 6) is 0.327. The van der Waals surface area contributed by atoms with Crippen LogP contribution in [-0.2, 0) is 16.1 Å². The summed E-state index contributed by atoms with van der Waals surface area (Å²) in [5, 5.41) is 3.89. The zero-order chi connectivity index (χ0) is 18.7. The van der Waals surface area contributed by atoms with Crippen molar-refractivity contribution in [3.8, 4) is 0 Å². The van der Waals surface area contributed by atoms with E-state index in [0.29, 0.717) is 5.75 Å². The number of hydrogen-bond donors (Lipinski definition) is 1. The number of thioether (sulfide) groups is 1. The monoisotopic (exact) mass is 485 g/mol. The van der Waals surface area contributed by atoms with Gasteiger partial charge in [-0.1, -0.05) is 11.8 Å². The minimum Gasteiger partial charge on any atom is -0.376 e. The molecule has 1 aromatic heterocycles. The first-order valence-electron chi connectivity index (χ1n) is 8.78. The highest BCUT2D eigenvalue weighted by atomic mass is 127. The van der Waals surface area contributed by atoms with Gasteiger partial charge in [-0.15, -0.1) is 0 Å². The summed E-state index contributed by atoms with van der Waals surface area (Å²) in [5.41, 5.74) is 4.10. The molecule has 1 amide bonds. The van der Waals surface area contributed by atoms with Crippen LogP contribution in [0.4, 0.5) is 5.69 Å². The molecule has 0 bridgehead atoms. The zero-order valence-corrected chi connectivity index (χ0v) is 18.3. The molecule has 2 heterocycles. The van der Waals surface area contributed by atoms with Crippen LogP contribution >= 0.6 is 34.4 Å². The maximum Gasteiger partial charge on any atom is 0.234 e. The summed E-state index contributed by atoms with van der Waals surface area (Å²) in [6, 6.07) is 6.01. The molecule has 1 aliphatic heterocycles. The smallest absolute Gasteiger partial charge is 0.234 e. The molecule has 1 N–H and O–H groups in total. The van der Waals surface area contributed by atoms with Crippen molar-refractivity contribution in [3.63, 3.8) is 0 Å². The van der Waals surface area contributed by atoms with Gasteiger partial charge in [0.15, 0.2) is 5.16 Å². The minimum absolute atomic E-state index is 0.0127. The van der Waals surface area contributed by atoms with Crippen molar-refractivity contribution < 1.29 is 9.53 Å². The maximum atomic E-state index is 12.4. The molecule has 1 atom stereocenters. The molecule has 7 heteroatoms. The molecule has 0 spiro atoms. The van der Waals surface area contributed by atoms with Crippen LogP contribution in [0.15, 0.2) is 23.4 Å². The van der Waals surface area contributed by atoms with E-state index in [-0.39, 0.29) is 12.0 Å². The van der Waals surface area contributed by atoms with Crippen LogP contribution in [0.25, 0.3) is 0 Å². The Labute approximate surface area is 172 Å². The fraction of sp³-hybridized carbons (Fsp3) is 0.474. The summed E-state index contributed by atoms with van der Waals surface area (Å²) in [6.45, 7) is 7.76. The van der Waals surface area contributed by atoms with Crippen molar-refractivity contribution in [1.82, 2.24) is 9.55 Å². The van der Waals surface area contributed by atoms with Gasteiger partial charge in [0.2, 0.25) is 5.91 Å². The van der Waals surface area contributed by atoms with E-state index >= 15 is 0 Å². The largest absolute Gasteiger partial charge is 0.376 e. The minimum atomic E-state index is -0.0127. The van der Waals surface area contributed by atoms with Crippen molar-refractivity contribution >= 4 is 45.9 Å². The number of rotatable bonds is 6. The number of benzene rings is 1. The first kappa shape index (κ1) is 19.7. The highest BCUT2D eigenvalue weighted by molar-refractivity contribution is 14.1. The van der Waals surface area contributed by atoms with Crippen molar-refractivity contribution in [2.24, 2.45) is 0 Å². The van der Waals surface area contributed by atoms with Gasteiger partial charge in [0.25, 0.3) is 0 Å². The average Bonchev–Trinajstić information content (AvgIpc) is 3.20. The number of aryl methyl sites for hydroxylation is 2. The lowest BCUT2D eigenvalue weighted by molar-refractivity contribution is -0.113. The molecule has 1 aliphatic rings. The molecule has 0 saturated carbocycles. The number of hydrogen-bond acceptors (Lipinski definition) is 4. The number of amides is 1. The Bertz CT molecular complexity index is 800. The second kappa shape index (κ2) is 8.75. The Morgan fingerprint density at radius 2 is 2.23 bits per heavy atom. The number of anilines is 1. The molecule has 1 unspecified atom stereocenters. The summed E-state index contributed by atoms with van der Waals surface area (Å²) in [4.78, 5) is 17.0. The Morgan fingerprint density at radius 1 is 1.42 bits per heavy atom. The van der Waals surface area contributed by atoms with Crippen molar-refractivity contribution in [1.29, 1.82) is 0 Å². The zero-order valence-electron chi connectivity index (χ0n) is 15.3. The Kier molecular flexibility index (Phi) is 6.63. The molecule has 0 aliphatic carbocycles. The van der Waals surface area contributed by atoms with Gasteiger partial charge < -0.3 is 14.6 Å². The molecule has 2 aromatic rings. The second-order valence-electron chi connectivity index (χ2n) is 6.61. The molecule has 1 aromatic carbocycles. The van der Waals surface area contributed by atoms with Crippen molar-refractivity contribution in [2.45, 2.75) is 51.4 Å². The fourth-order valence-electron chi connectivity index (χ4n) is 3.02. The van der Waals surface area contributed by atoms with Crippen LogP contribution in [0, 0.1) is 24.3 Å². The predicted octanol–water partition coefficient (Wildman–Crippen LogP) is 4.32. The van der Waals surface area contributed by atoms with Crippen LogP contribution in [0.5, 0.6) is 0 Å². The number of imidazole rings is 1. The molecular formula is C19H24IN3O2S. The summed E-state index contributed by atoms with van der Waals surface area (Å²) < 4.78 is 9.12. The van der Waals surface area contributed by atoms with Gasteiger partial charge in [0.05, 0.1) is 24.1 Å².